The summed E-state index contributed by atoms with van der Waals surface area (Å²) < 4.78 is 0.795. The zero-order valence-electron chi connectivity index (χ0n) is 7.12. The molecule has 13 heavy (non-hydrogen) atoms. The van der Waals surface area contributed by atoms with Gasteiger partial charge in [0, 0.05) is 18.2 Å². The molecule has 0 aliphatic carbocycles. The number of hydrogen-bond acceptors (Lipinski definition) is 3. The molecule has 0 unspecified atom stereocenters. The van der Waals surface area contributed by atoms with Crippen LogP contribution < -0.4 is 0 Å². The first-order chi connectivity index (χ1) is 6.20. The quantitative estimate of drug-likeness (QED) is 0.791. The molecule has 0 aliphatic rings. The van der Waals surface area contributed by atoms with Crippen LogP contribution >= 0.6 is 34.7 Å². The summed E-state index contributed by atoms with van der Waals surface area (Å²) in [5, 5.41) is 2.08. The molecule has 0 N–H and O–H groups in total. The lowest BCUT2D eigenvalue weighted by Crippen LogP contribution is -1.81. The Labute approximate surface area is 90.8 Å². The van der Waals surface area contributed by atoms with E-state index in [1.165, 1.54) is 23.1 Å². The Morgan fingerprint density at radius 3 is 3.08 bits per heavy atom. The number of halogens is 1. The largest absolute Gasteiger partial charge is 0.288 e. The highest BCUT2D eigenvalue weighted by Crippen LogP contribution is 2.23. The molecule has 70 valence electrons. The number of hydrogen-bond donors (Lipinski definition) is 0. The molecule has 1 aromatic heterocycles. The van der Waals surface area contributed by atoms with Crippen LogP contribution in [0.5, 0.6) is 0 Å². The standard InChI is InChI=1S/C9H9ClOS2/c1-7(11)12-5-2-3-8-4-6-13-9(8)10/h2-4,6H,5H2,1H3. The van der Waals surface area contributed by atoms with E-state index < -0.39 is 0 Å². The second kappa shape index (κ2) is 5.47. The van der Waals surface area contributed by atoms with Gasteiger partial charge in [-0.3, -0.25) is 4.79 Å². The highest BCUT2D eigenvalue weighted by atomic mass is 35.5. The van der Waals surface area contributed by atoms with Gasteiger partial charge in [0.05, 0.1) is 0 Å². The third kappa shape index (κ3) is 3.98. The molecule has 0 saturated carbocycles. The maximum atomic E-state index is 10.6. The summed E-state index contributed by atoms with van der Waals surface area (Å²) in [6.07, 6.45) is 3.88. The third-order valence-electron chi connectivity index (χ3n) is 1.33. The first kappa shape index (κ1) is 10.8. The van der Waals surface area contributed by atoms with Crippen LogP contribution in [0.15, 0.2) is 17.5 Å². The third-order valence-corrected chi connectivity index (χ3v) is 3.29. The Morgan fingerprint density at radius 1 is 1.77 bits per heavy atom. The molecule has 4 heteroatoms. The van der Waals surface area contributed by atoms with E-state index >= 15 is 0 Å². The lowest BCUT2D eigenvalue weighted by molar-refractivity contribution is -0.109. The van der Waals surface area contributed by atoms with Crippen LogP contribution in [0.4, 0.5) is 0 Å². The second-order valence-corrected chi connectivity index (χ2v) is 5.07. The Balaban J connectivity index is 2.41. The molecular weight excluding hydrogens is 224 g/mol. The van der Waals surface area contributed by atoms with Gasteiger partial charge in [-0.2, -0.15) is 0 Å². The van der Waals surface area contributed by atoms with Gasteiger partial charge < -0.3 is 0 Å². The van der Waals surface area contributed by atoms with Crippen LogP contribution in [0, 0.1) is 0 Å². The minimum Gasteiger partial charge on any atom is -0.288 e. The van der Waals surface area contributed by atoms with E-state index in [1.54, 1.807) is 6.92 Å². The Kier molecular flexibility index (Phi) is 4.56. The van der Waals surface area contributed by atoms with Crippen LogP contribution in [0.1, 0.15) is 12.5 Å². The van der Waals surface area contributed by atoms with Gasteiger partial charge in [0.15, 0.2) is 5.12 Å². The van der Waals surface area contributed by atoms with Crippen molar-refractivity contribution in [3.63, 3.8) is 0 Å². The minimum atomic E-state index is 0.140. The number of thioether (sulfide) groups is 1. The summed E-state index contributed by atoms with van der Waals surface area (Å²) in [5.74, 6) is 0.710. The Bertz CT molecular complexity index is 317. The fourth-order valence-corrected chi connectivity index (χ4v) is 2.08. The van der Waals surface area contributed by atoms with E-state index in [1.807, 2.05) is 23.6 Å². The predicted molar refractivity (Wildman–Crippen MR) is 61.5 cm³/mol. The Morgan fingerprint density at radius 2 is 2.54 bits per heavy atom. The van der Waals surface area contributed by atoms with Gasteiger partial charge >= 0.3 is 0 Å². The lowest BCUT2D eigenvalue weighted by Gasteiger charge is -1.89. The molecule has 0 aromatic carbocycles. The van der Waals surface area contributed by atoms with Gasteiger partial charge in [0.1, 0.15) is 4.34 Å². The summed E-state index contributed by atoms with van der Waals surface area (Å²) in [7, 11) is 0. The molecule has 0 aliphatic heterocycles. The molecule has 0 atom stereocenters. The van der Waals surface area contributed by atoms with Crippen LogP contribution in [0.2, 0.25) is 4.34 Å². The van der Waals surface area contributed by atoms with Crippen LogP contribution in [-0.4, -0.2) is 10.9 Å². The molecule has 0 bridgehead atoms. The summed E-state index contributed by atoms with van der Waals surface area (Å²) in [5.41, 5.74) is 1.02. The van der Waals surface area contributed by atoms with Gasteiger partial charge in [-0.15, -0.1) is 11.3 Å². The van der Waals surface area contributed by atoms with E-state index in [2.05, 4.69) is 0 Å². The molecule has 0 saturated heterocycles. The van der Waals surface area contributed by atoms with Gasteiger partial charge in [0.2, 0.25) is 0 Å². The van der Waals surface area contributed by atoms with Crippen LogP contribution in [0.25, 0.3) is 6.08 Å². The van der Waals surface area contributed by atoms with E-state index in [0.717, 1.165) is 9.90 Å². The number of carbonyl (C=O) groups excluding carboxylic acids is 1. The fraction of sp³-hybridized carbons (Fsp3) is 0.222. The number of carbonyl (C=O) groups is 1. The van der Waals surface area contributed by atoms with Crippen molar-refractivity contribution in [2.24, 2.45) is 0 Å². The van der Waals surface area contributed by atoms with Gasteiger partial charge in [-0.25, -0.2) is 0 Å². The van der Waals surface area contributed by atoms with Gasteiger partial charge in [-0.05, 0) is 11.4 Å². The molecule has 0 radical (unpaired) electrons. The topological polar surface area (TPSA) is 17.1 Å². The number of thiophene rings is 1. The normalized spacial score (nSPS) is 10.9. The molecule has 0 amide bonds. The van der Waals surface area contributed by atoms with Crippen molar-refractivity contribution >= 4 is 45.9 Å². The molecule has 1 aromatic rings. The van der Waals surface area contributed by atoms with Crippen molar-refractivity contribution in [3.8, 4) is 0 Å². The maximum absolute atomic E-state index is 10.6. The van der Waals surface area contributed by atoms with Crippen molar-refractivity contribution in [1.82, 2.24) is 0 Å². The summed E-state index contributed by atoms with van der Waals surface area (Å²) in [4.78, 5) is 10.6. The second-order valence-electron chi connectivity index (χ2n) is 2.35. The first-order valence-electron chi connectivity index (χ1n) is 3.73. The monoisotopic (exact) mass is 232 g/mol. The van der Waals surface area contributed by atoms with E-state index in [0.29, 0.717) is 5.75 Å². The molecule has 1 heterocycles. The summed E-state index contributed by atoms with van der Waals surface area (Å²) in [6, 6.07) is 1.96. The van der Waals surface area contributed by atoms with E-state index in [-0.39, 0.29) is 5.12 Å². The van der Waals surface area contributed by atoms with Crippen molar-refractivity contribution < 1.29 is 4.79 Å². The fourth-order valence-electron chi connectivity index (χ4n) is 0.762. The SMILES string of the molecule is CC(=O)SCC=Cc1ccsc1Cl. The van der Waals surface area contributed by atoms with Gasteiger partial charge in [-0.1, -0.05) is 35.5 Å². The molecule has 1 nitrogen and oxygen atoms in total. The average Bonchev–Trinajstić information content (AvgIpc) is 2.45. The maximum Gasteiger partial charge on any atom is 0.186 e. The average molecular weight is 233 g/mol. The van der Waals surface area contributed by atoms with Crippen molar-refractivity contribution in [2.75, 3.05) is 5.75 Å². The minimum absolute atomic E-state index is 0.140. The summed E-state index contributed by atoms with van der Waals surface area (Å²) in [6.45, 7) is 1.57. The van der Waals surface area contributed by atoms with Gasteiger partial charge in [0.25, 0.3) is 0 Å². The van der Waals surface area contributed by atoms with E-state index in [9.17, 15) is 4.79 Å². The van der Waals surface area contributed by atoms with Crippen molar-refractivity contribution in [3.05, 3.63) is 27.4 Å². The first-order valence-corrected chi connectivity index (χ1v) is 5.97. The number of rotatable bonds is 3. The highest BCUT2D eigenvalue weighted by Gasteiger charge is 1.95. The highest BCUT2D eigenvalue weighted by molar-refractivity contribution is 8.13. The lowest BCUT2D eigenvalue weighted by atomic mass is 10.3. The molecular formula is C9H9ClOS2. The van der Waals surface area contributed by atoms with Crippen molar-refractivity contribution in [2.45, 2.75) is 6.92 Å². The Hall–Kier alpha value is -0.250. The zero-order valence-corrected chi connectivity index (χ0v) is 9.51. The van der Waals surface area contributed by atoms with Crippen LogP contribution in [-0.2, 0) is 4.79 Å². The zero-order chi connectivity index (χ0) is 9.68. The molecule has 0 spiro atoms. The van der Waals surface area contributed by atoms with Crippen molar-refractivity contribution in [1.29, 1.82) is 0 Å². The summed E-state index contributed by atoms with van der Waals surface area (Å²) >= 11 is 8.68. The molecule has 1 rings (SSSR count). The van der Waals surface area contributed by atoms with Crippen LogP contribution in [0.3, 0.4) is 0 Å². The predicted octanol–water partition coefficient (Wildman–Crippen LogP) is 3.69. The van der Waals surface area contributed by atoms with E-state index in [4.69, 9.17) is 11.6 Å². The molecule has 0 fully saturated rings. The smallest absolute Gasteiger partial charge is 0.186 e.